The predicted octanol–water partition coefficient (Wildman–Crippen LogP) is 7.26. The smallest absolute Gasteiger partial charge is 0.256 e. The molecule has 0 bridgehead atoms. The summed E-state index contributed by atoms with van der Waals surface area (Å²) in [6, 6.07) is 16.3. The lowest BCUT2D eigenvalue weighted by molar-refractivity contribution is 0.102. The van der Waals surface area contributed by atoms with Crippen LogP contribution in [0.25, 0.3) is 22.6 Å². The van der Waals surface area contributed by atoms with Gasteiger partial charge in [-0.2, -0.15) is 0 Å². The number of halogens is 4. The van der Waals surface area contributed by atoms with Gasteiger partial charge in [0.1, 0.15) is 5.52 Å². The molecule has 8 heteroatoms. The molecule has 140 valence electrons. The molecule has 3 aromatic carbocycles. The van der Waals surface area contributed by atoms with Crippen molar-refractivity contribution in [1.29, 1.82) is 0 Å². The van der Waals surface area contributed by atoms with E-state index in [0.717, 1.165) is 12.7 Å². The highest BCUT2D eigenvalue weighted by atomic mass is 127. The summed E-state index contributed by atoms with van der Waals surface area (Å²) in [5, 5.41) is 3.82. The maximum Gasteiger partial charge on any atom is 0.256 e. The summed E-state index contributed by atoms with van der Waals surface area (Å²) in [7, 11) is 0. The number of nitrogens with one attached hydrogen (secondary N) is 1. The number of hydrogen-bond acceptors (Lipinski definition) is 3. The average molecular weight is 635 g/mol. The Balaban J connectivity index is 1.63. The van der Waals surface area contributed by atoms with Gasteiger partial charge in [-0.3, -0.25) is 4.79 Å². The molecule has 4 rings (SSSR count). The van der Waals surface area contributed by atoms with E-state index in [-0.39, 0.29) is 5.91 Å². The number of anilines is 1. The quantitative estimate of drug-likeness (QED) is 0.241. The van der Waals surface area contributed by atoms with Crippen LogP contribution in [0.5, 0.6) is 0 Å². The molecule has 0 saturated heterocycles. The maximum absolute atomic E-state index is 12.6. The first-order chi connectivity index (χ1) is 13.4. The van der Waals surface area contributed by atoms with Crippen LogP contribution in [0.3, 0.4) is 0 Å². The first-order valence-electron chi connectivity index (χ1n) is 8.03. The molecule has 1 aromatic heterocycles. The highest BCUT2D eigenvalue weighted by Gasteiger charge is 2.14. The Morgan fingerprint density at radius 1 is 0.964 bits per heavy atom. The van der Waals surface area contributed by atoms with Gasteiger partial charge in [0.25, 0.3) is 5.91 Å². The van der Waals surface area contributed by atoms with Gasteiger partial charge in [-0.15, -0.1) is 0 Å². The van der Waals surface area contributed by atoms with Gasteiger partial charge in [0, 0.05) is 18.4 Å². The second-order valence-corrected chi connectivity index (χ2v) is 9.13. The molecule has 4 nitrogen and oxygen atoms in total. The molecule has 0 radical (unpaired) electrons. The maximum atomic E-state index is 12.6. The molecule has 0 aliphatic rings. The number of benzene rings is 3. The zero-order chi connectivity index (χ0) is 19.8. The van der Waals surface area contributed by atoms with Crippen LogP contribution in [0, 0.1) is 7.14 Å². The monoisotopic (exact) mass is 634 g/mol. The van der Waals surface area contributed by atoms with Gasteiger partial charge in [-0.05, 0) is 99.8 Å². The number of aromatic nitrogens is 1. The summed E-state index contributed by atoms with van der Waals surface area (Å²) >= 11 is 16.4. The van der Waals surface area contributed by atoms with E-state index in [0.29, 0.717) is 38.3 Å². The molecule has 0 fully saturated rings. The van der Waals surface area contributed by atoms with Crippen LogP contribution in [-0.4, -0.2) is 10.9 Å². The summed E-state index contributed by atoms with van der Waals surface area (Å²) in [5.74, 6) is 0.264. The van der Waals surface area contributed by atoms with Gasteiger partial charge in [-0.25, -0.2) is 4.98 Å². The molecule has 4 aromatic rings. The number of carbonyl (C=O) groups excluding carboxylic acids is 1. The van der Waals surface area contributed by atoms with E-state index in [1.54, 1.807) is 36.4 Å². The van der Waals surface area contributed by atoms with Crippen molar-refractivity contribution in [3.05, 3.63) is 77.3 Å². The minimum atomic E-state index is -0.171. The Morgan fingerprint density at radius 2 is 1.79 bits per heavy atom. The summed E-state index contributed by atoms with van der Waals surface area (Å²) in [6.45, 7) is 0. The molecular weight excluding hydrogens is 625 g/mol. The average Bonchev–Trinajstić information content (AvgIpc) is 3.09. The second-order valence-electron chi connectivity index (χ2n) is 5.91. The van der Waals surface area contributed by atoms with Crippen molar-refractivity contribution in [2.75, 3.05) is 5.32 Å². The highest BCUT2D eigenvalue weighted by Crippen LogP contribution is 2.31. The van der Waals surface area contributed by atoms with E-state index in [4.69, 9.17) is 27.6 Å². The van der Waals surface area contributed by atoms with Crippen LogP contribution in [0.2, 0.25) is 10.0 Å². The zero-order valence-electron chi connectivity index (χ0n) is 14.0. The van der Waals surface area contributed by atoms with Gasteiger partial charge in [0.15, 0.2) is 5.58 Å². The first-order valence-corrected chi connectivity index (χ1v) is 10.9. The number of amides is 1. The number of fused-ring (bicyclic) bond motifs is 1. The Hall–Kier alpha value is -1.36. The second kappa shape index (κ2) is 8.17. The molecule has 0 saturated carbocycles. The first kappa shape index (κ1) is 19.9. The molecule has 0 unspecified atom stereocenters. The number of oxazole rings is 1. The SMILES string of the molecule is O=C(Nc1ccc2oc(-c3ccc(Cl)c(Cl)c3)nc2c1)c1cc(I)ccc1I. The standard InChI is InChI=1S/C20H10Cl2I2N2O2/c21-14-4-1-10(7-15(14)22)20-26-17-9-12(3-6-18(17)28-20)25-19(27)13-8-11(23)2-5-16(13)24/h1-9H,(H,25,27). The van der Waals surface area contributed by atoms with E-state index in [2.05, 4.69) is 55.5 Å². The van der Waals surface area contributed by atoms with Gasteiger partial charge in [-0.1, -0.05) is 23.2 Å². The fraction of sp³-hybridized carbons (Fsp3) is 0. The largest absolute Gasteiger partial charge is 0.436 e. The van der Waals surface area contributed by atoms with E-state index in [9.17, 15) is 4.79 Å². The van der Waals surface area contributed by atoms with Crippen molar-refractivity contribution in [1.82, 2.24) is 4.98 Å². The number of carbonyl (C=O) groups is 1. The van der Waals surface area contributed by atoms with Crippen molar-refractivity contribution in [2.45, 2.75) is 0 Å². The van der Waals surface area contributed by atoms with Crippen molar-refractivity contribution in [3.8, 4) is 11.5 Å². The fourth-order valence-electron chi connectivity index (χ4n) is 2.63. The van der Waals surface area contributed by atoms with Crippen LogP contribution in [0.4, 0.5) is 5.69 Å². The van der Waals surface area contributed by atoms with Gasteiger partial charge in [0.05, 0.1) is 15.6 Å². The van der Waals surface area contributed by atoms with Crippen molar-refractivity contribution >= 4 is 91.1 Å². The van der Waals surface area contributed by atoms with Crippen LogP contribution in [-0.2, 0) is 0 Å². The summed E-state index contributed by atoms with van der Waals surface area (Å²) in [4.78, 5) is 17.1. The van der Waals surface area contributed by atoms with Gasteiger partial charge >= 0.3 is 0 Å². The topological polar surface area (TPSA) is 55.1 Å². The lowest BCUT2D eigenvalue weighted by Gasteiger charge is -2.07. The molecule has 1 N–H and O–H groups in total. The Morgan fingerprint density at radius 3 is 2.57 bits per heavy atom. The van der Waals surface area contributed by atoms with E-state index < -0.39 is 0 Å². The third-order valence-electron chi connectivity index (χ3n) is 3.99. The van der Waals surface area contributed by atoms with Gasteiger partial charge < -0.3 is 9.73 Å². The predicted molar refractivity (Wildman–Crippen MR) is 129 cm³/mol. The van der Waals surface area contributed by atoms with E-state index in [1.807, 2.05) is 18.2 Å². The molecule has 1 heterocycles. The van der Waals surface area contributed by atoms with Crippen LogP contribution >= 0.6 is 68.4 Å². The lowest BCUT2D eigenvalue weighted by atomic mass is 10.2. The lowest BCUT2D eigenvalue weighted by Crippen LogP contribution is -2.13. The van der Waals surface area contributed by atoms with Crippen molar-refractivity contribution < 1.29 is 9.21 Å². The molecular formula is C20H10Cl2I2N2O2. The van der Waals surface area contributed by atoms with Crippen molar-refractivity contribution in [2.24, 2.45) is 0 Å². The normalized spacial score (nSPS) is 11.0. The van der Waals surface area contributed by atoms with Crippen LogP contribution < -0.4 is 5.32 Å². The summed E-state index contributed by atoms with van der Waals surface area (Å²) in [5.41, 5.74) is 3.24. The summed E-state index contributed by atoms with van der Waals surface area (Å²) < 4.78 is 7.69. The van der Waals surface area contributed by atoms with E-state index >= 15 is 0 Å². The third-order valence-corrected chi connectivity index (χ3v) is 6.34. The molecule has 0 atom stereocenters. The van der Waals surface area contributed by atoms with Gasteiger partial charge in [0.2, 0.25) is 5.89 Å². The Kier molecular flexibility index (Phi) is 5.82. The molecule has 28 heavy (non-hydrogen) atoms. The number of rotatable bonds is 3. The minimum absolute atomic E-state index is 0.171. The summed E-state index contributed by atoms with van der Waals surface area (Å²) in [6.07, 6.45) is 0. The van der Waals surface area contributed by atoms with E-state index in [1.165, 1.54) is 0 Å². The molecule has 1 amide bonds. The third kappa shape index (κ3) is 4.14. The number of hydrogen-bond donors (Lipinski definition) is 1. The molecule has 0 aliphatic heterocycles. The Bertz CT molecular complexity index is 1220. The van der Waals surface area contributed by atoms with Crippen LogP contribution in [0.15, 0.2) is 59.0 Å². The highest BCUT2D eigenvalue weighted by molar-refractivity contribution is 14.1. The fourth-order valence-corrected chi connectivity index (χ4v) is 4.00. The minimum Gasteiger partial charge on any atom is -0.436 e. The number of nitrogens with zero attached hydrogens (tertiary/aromatic N) is 1. The van der Waals surface area contributed by atoms with Crippen molar-refractivity contribution in [3.63, 3.8) is 0 Å². The van der Waals surface area contributed by atoms with Crippen LogP contribution in [0.1, 0.15) is 10.4 Å². The zero-order valence-corrected chi connectivity index (χ0v) is 19.8. The Labute approximate surface area is 197 Å². The molecule has 0 aliphatic carbocycles. The molecule has 0 spiro atoms.